The van der Waals surface area contributed by atoms with Crippen LogP contribution in [0.3, 0.4) is 0 Å². The van der Waals surface area contributed by atoms with Crippen molar-refractivity contribution in [3.05, 3.63) is 182 Å². The van der Waals surface area contributed by atoms with Gasteiger partial charge < -0.3 is 4.40 Å². The van der Waals surface area contributed by atoms with E-state index in [4.69, 9.17) is 15.0 Å². The third kappa shape index (κ3) is 4.88. The lowest BCUT2D eigenvalue weighted by Gasteiger charge is -2.18. The Morgan fingerprint density at radius 1 is 0.373 bits per heavy atom. The fraction of sp³-hybridized carbons (Fsp3) is 0. The highest BCUT2D eigenvalue weighted by atomic mass is 14.9. The minimum absolute atomic E-state index is 0.695. The fourth-order valence-electron chi connectivity index (χ4n) is 7.47. The number of hydrogen-bond acceptors (Lipinski definition) is 3. The molecule has 0 aliphatic carbocycles. The number of nitrogens with zero attached hydrogens (tertiary/aromatic N) is 4. The Hall–Kier alpha value is -6.91. The molecule has 0 bridgehead atoms. The summed E-state index contributed by atoms with van der Waals surface area (Å²) in [6.07, 6.45) is 2.01. The minimum atomic E-state index is 0.695. The Kier molecular flexibility index (Phi) is 6.78. The summed E-state index contributed by atoms with van der Waals surface area (Å²) in [5.74, 6) is 0.695. The quantitative estimate of drug-likeness (QED) is 0.186. The van der Waals surface area contributed by atoms with Gasteiger partial charge in [0.15, 0.2) is 5.82 Å². The van der Waals surface area contributed by atoms with Crippen LogP contribution in [0.2, 0.25) is 0 Å². The summed E-state index contributed by atoms with van der Waals surface area (Å²) >= 11 is 0. The average molecular weight is 651 g/mol. The summed E-state index contributed by atoms with van der Waals surface area (Å²) in [4.78, 5) is 15.7. The second-order valence-electron chi connectivity index (χ2n) is 12.9. The molecule has 3 aromatic heterocycles. The Labute approximate surface area is 295 Å². The number of aromatic nitrogens is 4. The first-order valence-electron chi connectivity index (χ1n) is 17.2. The average Bonchev–Trinajstić information content (AvgIpc) is 3.56. The maximum absolute atomic E-state index is 5.38. The van der Waals surface area contributed by atoms with Crippen LogP contribution in [0.5, 0.6) is 0 Å². The molecule has 0 spiro atoms. The lowest BCUT2D eigenvalue weighted by atomic mass is 9.91. The summed E-state index contributed by atoms with van der Waals surface area (Å²) in [5, 5.41) is 3.53. The number of rotatable bonds is 5. The maximum Gasteiger partial charge on any atom is 0.160 e. The molecular weight excluding hydrogens is 621 g/mol. The molecule has 238 valence electrons. The van der Waals surface area contributed by atoms with Gasteiger partial charge in [-0.05, 0) is 52.2 Å². The van der Waals surface area contributed by atoms with Gasteiger partial charge in [0.1, 0.15) is 0 Å². The highest BCUT2D eigenvalue weighted by Gasteiger charge is 2.22. The van der Waals surface area contributed by atoms with Crippen LogP contribution in [0, 0.1) is 0 Å². The third-order valence-corrected chi connectivity index (χ3v) is 9.81. The van der Waals surface area contributed by atoms with Gasteiger partial charge in [0, 0.05) is 33.2 Å². The van der Waals surface area contributed by atoms with Gasteiger partial charge in [0.05, 0.1) is 39.7 Å². The van der Waals surface area contributed by atoms with Gasteiger partial charge in [-0.25, -0.2) is 9.97 Å². The van der Waals surface area contributed by atoms with Crippen molar-refractivity contribution in [1.82, 2.24) is 19.4 Å². The zero-order valence-electron chi connectivity index (χ0n) is 27.6. The monoisotopic (exact) mass is 650 g/mol. The summed E-state index contributed by atoms with van der Waals surface area (Å²) in [6, 6.07) is 61.7. The Balaban J connectivity index is 1.26. The molecular formula is C47H30N4. The van der Waals surface area contributed by atoms with Crippen molar-refractivity contribution < 1.29 is 0 Å². The third-order valence-electron chi connectivity index (χ3n) is 9.81. The van der Waals surface area contributed by atoms with Crippen molar-refractivity contribution in [2.24, 2.45) is 0 Å². The molecule has 4 heteroatoms. The zero-order chi connectivity index (χ0) is 33.7. The molecule has 0 aliphatic rings. The molecule has 0 unspecified atom stereocenters. The molecule has 0 saturated carbocycles. The van der Waals surface area contributed by atoms with E-state index < -0.39 is 0 Å². The Bertz CT molecular complexity index is 2850. The molecule has 0 N–H and O–H groups in total. The van der Waals surface area contributed by atoms with Crippen molar-refractivity contribution in [3.63, 3.8) is 0 Å². The zero-order valence-corrected chi connectivity index (χ0v) is 27.6. The number of fused-ring (bicyclic) bond motifs is 6. The van der Waals surface area contributed by atoms with E-state index in [0.29, 0.717) is 5.82 Å². The summed E-state index contributed by atoms with van der Waals surface area (Å²) in [6.45, 7) is 0. The van der Waals surface area contributed by atoms with Crippen molar-refractivity contribution in [1.29, 1.82) is 0 Å². The van der Waals surface area contributed by atoms with Gasteiger partial charge >= 0.3 is 0 Å². The van der Waals surface area contributed by atoms with E-state index in [1.54, 1.807) is 0 Å². The van der Waals surface area contributed by atoms with E-state index >= 15 is 0 Å². The van der Waals surface area contributed by atoms with E-state index in [-0.39, 0.29) is 0 Å². The van der Waals surface area contributed by atoms with E-state index in [1.165, 1.54) is 10.8 Å². The van der Waals surface area contributed by atoms with Crippen molar-refractivity contribution >= 4 is 38.2 Å². The minimum Gasteiger partial charge on any atom is -0.306 e. The molecule has 4 nitrogen and oxygen atoms in total. The van der Waals surface area contributed by atoms with E-state index in [9.17, 15) is 0 Å². The molecule has 51 heavy (non-hydrogen) atoms. The second-order valence-corrected chi connectivity index (χ2v) is 12.9. The molecule has 0 fully saturated rings. The fourth-order valence-corrected chi connectivity index (χ4v) is 7.47. The van der Waals surface area contributed by atoms with Crippen LogP contribution in [0.25, 0.3) is 94.4 Å². The topological polar surface area (TPSA) is 43.1 Å². The van der Waals surface area contributed by atoms with Gasteiger partial charge in [0.2, 0.25) is 0 Å². The standard InChI is InChI=1S/C47H30N4/c1-3-15-32(16-4-1)45-44(46(33-17-5-2-6-18-33)50-47(49-45)37-27-26-31-14-7-8-19-34(31)28-37)36-21-13-20-35(29-36)43-38-22-9-11-24-40(38)51-41-25-12-10-23-39(41)48-30-42(43)51/h1-30H. The van der Waals surface area contributed by atoms with Crippen molar-refractivity contribution in [2.45, 2.75) is 0 Å². The van der Waals surface area contributed by atoms with Crippen LogP contribution in [0.4, 0.5) is 0 Å². The van der Waals surface area contributed by atoms with E-state index in [1.807, 2.05) is 24.4 Å². The number of benzene rings is 7. The van der Waals surface area contributed by atoms with Gasteiger partial charge in [-0.2, -0.15) is 0 Å². The van der Waals surface area contributed by atoms with Crippen molar-refractivity contribution in [2.75, 3.05) is 0 Å². The Morgan fingerprint density at radius 3 is 1.71 bits per heavy atom. The van der Waals surface area contributed by atoms with Gasteiger partial charge in [0.25, 0.3) is 0 Å². The lowest BCUT2D eigenvalue weighted by molar-refractivity contribution is 1.19. The van der Waals surface area contributed by atoms with Gasteiger partial charge in [-0.3, -0.25) is 4.98 Å². The normalized spacial score (nSPS) is 11.5. The molecule has 7 aromatic carbocycles. The molecule has 10 aromatic rings. The first-order chi connectivity index (χ1) is 25.3. The smallest absolute Gasteiger partial charge is 0.160 e. The van der Waals surface area contributed by atoms with E-state index in [0.717, 1.165) is 77.8 Å². The van der Waals surface area contributed by atoms with Gasteiger partial charge in [-0.1, -0.05) is 146 Å². The molecule has 3 heterocycles. The van der Waals surface area contributed by atoms with Crippen LogP contribution >= 0.6 is 0 Å². The van der Waals surface area contributed by atoms with Crippen LogP contribution in [-0.2, 0) is 0 Å². The highest BCUT2D eigenvalue weighted by molar-refractivity contribution is 6.08. The van der Waals surface area contributed by atoms with Crippen molar-refractivity contribution in [3.8, 4) is 56.2 Å². The van der Waals surface area contributed by atoms with Crippen LogP contribution in [0.1, 0.15) is 0 Å². The van der Waals surface area contributed by atoms with E-state index in [2.05, 4.69) is 162 Å². The van der Waals surface area contributed by atoms with Crippen LogP contribution in [0.15, 0.2) is 182 Å². The first-order valence-corrected chi connectivity index (χ1v) is 17.2. The molecule has 0 atom stereocenters. The van der Waals surface area contributed by atoms with Crippen LogP contribution in [-0.4, -0.2) is 19.4 Å². The van der Waals surface area contributed by atoms with Crippen LogP contribution < -0.4 is 0 Å². The molecule has 0 amide bonds. The molecule has 0 radical (unpaired) electrons. The first kappa shape index (κ1) is 29.0. The SMILES string of the molecule is c1ccc(-c2nc(-c3ccc4ccccc4c3)nc(-c3ccccc3)c2-c2cccc(-c3c4ccccc4n4c3cnc3ccccc34)c2)cc1. The molecule has 0 aliphatic heterocycles. The number of para-hydroxylation sites is 3. The molecule has 10 rings (SSSR count). The largest absolute Gasteiger partial charge is 0.306 e. The lowest BCUT2D eigenvalue weighted by Crippen LogP contribution is -2.01. The highest BCUT2D eigenvalue weighted by Crippen LogP contribution is 2.43. The molecule has 0 saturated heterocycles. The predicted molar refractivity (Wildman–Crippen MR) is 210 cm³/mol. The summed E-state index contributed by atoms with van der Waals surface area (Å²) in [5.41, 5.74) is 13.4. The summed E-state index contributed by atoms with van der Waals surface area (Å²) < 4.78 is 2.34. The summed E-state index contributed by atoms with van der Waals surface area (Å²) in [7, 11) is 0. The predicted octanol–water partition coefficient (Wildman–Crippen LogP) is 11.9. The number of hydrogen-bond donors (Lipinski definition) is 0. The van der Waals surface area contributed by atoms with Gasteiger partial charge in [-0.15, -0.1) is 0 Å². The maximum atomic E-state index is 5.38. The Morgan fingerprint density at radius 2 is 0.961 bits per heavy atom. The second kappa shape index (κ2) is 11.9.